The lowest BCUT2D eigenvalue weighted by Gasteiger charge is -2.40. The van der Waals surface area contributed by atoms with E-state index < -0.39 is 11.6 Å². The molecule has 2 saturated carbocycles. The van der Waals surface area contributed by atoms with Crippen molar-refractivity contribution >= 4 is 0 Å². The number of piperidine rings is 1. The molecule has 0 spiro atoms. The van der Waals surface area contributed by atoms with Crippen LogP contribution in [0.5, 0.6) is 5.75 Å². The molecular formula is C19H25F2NO. The molecule has 23 heavy (non-hydrogen) atoms. The Labute approximate surface area is 136 Å². The lowest BCUT2D eigenvalue weighted by atomic mass is 9.86. The Morgan fingerprint density at radius 2 is 1.83 bits per heavy atom. The Hall–Kier alpha value is -1.16. The number of hydrogen-bond donors (Lipinski definition) is 0. The number of rotatable bonds is 3. The first-order valence-electron chi connectivity index (χ1n) is 8.92. The molecule has 1 saturated heterocycles. The van der Waals surface area contributed by atoms with Gasteiger partial charge in [0.2, 0.25) is 0 Å². The third-order valence-electron chi connectivity index (χ3n) is 6.38. The second-order valence-electron chi connectivity index (χ2n) is 7.56. The monoisotopic (exact) mass is 321 g/mol. The van der Waals surface area contributed by atoms with E-state index in [1.807, 2.05) is 0 Å². The van der Waals surface area contributed by atoms with Crippen LogP contribution in [0.1, 0.15) is 50.0 Å². The molecule has 4 rings (SSSR count). The van der Waals surface area contributed by atoms with Gasteiger partial charge in [-0.1, -0.05) is 6.42 Å². The van der Waals surface area contributed by atoms with Crippen LogP contribution in [-0.4, -0.2) is 31.1 Å². The van der Waals surface area contributed by atoms with Crippen molar-refractivity contribution in [3.8, 4) is 5.75 Å². The minimum absolute atomic E-state index is 0.199. The molecule has 3 fully saturated rings. The maximum absolute atomic E-state index is 13.9. The molecule has 2 aliphatic carbocycles. The molecule has 1 aromatic rings. The van der Waals surface area contributed by atoms with Crippen LogP contribution in [0.4, 0.5) is 8.78 Å². The van der Waals surface area contributed by atoms with Crippen molar-refractivity contribution in [2.24, 2.45) is 11.8 Å². The summed E-state index contributed by atoms with van der Waals surface area (Å²) in [7, 11) is 1.46. The largest absolute Gasteiger partial charge is 0.493 e. The molecule has 1 heterocycles. The van der Waals surface area contributed by atoms with Crippen LogP contribution >= 0.6 is 0 Å². The molecule has 4 heteroatoms. The van der Waals surface area contributed by atoms with Gasteiger partial charge in [-0.05, 0) is 69.0 Å². The van der Waals surface area contributed by atoms with Crippen LogP contribution in [0, 0.1) is 23.5 Å². The molecule has 0 radical (unpaired) electrons. The van der Waals surface area contributed by atoms with Gasteiger partial charge in [0.15, 0.2) is 11.6 Å². The van der Waals surface area contributed by atoms with E-state index in [1.165, 1.54) is 38.9 Å². The summed E-state index contributed by atoms with van der Waals surface area (Å²) in [6.07, 6.45) is 7.55. The standard InChI is InChI=1S/C19H25F2NO/c1-23-19-16(10-15(20)11-17(19)21)13-4-6-22(7-5-13)18-9-12-2-3-14(18)8-12/h10-14,18H,2-9H2,1H3/t12-,14-,18+/m0/s1. The first-order chi connectivity index (χ1) is 11.2. The summed E-state index contributed by atoms with van der Waals surface area (Å²) in [5.41, 5.74) is 0.706. The van der Waals surface area contributed by atoms with E-state index in [1.54, 1.807) is 0 Å². The van der Waals surface area contributed by atoms with Crippen molar-refractivity contribution in [1.82, 2.24) is 4.90 Å². The number of likely N-dealkylation sites (tertiary alicyclic amines) is 1. The van der Waals surface area contributed by atoms with E-state index in [0.717, 1.165) is 49.9 Å². The SMILES string of the molecule is COc1c(F)cc(F)cc1C1CCN([C@@H]2C[C@H]3CC[C@H]2C3)CC1. The van der Waals surface area contributed by atoms with Crippen LogP contribution in [0.25, 0.3) is 0 Å². The van der Waals surface area contributed by atoms with Crippen molar-refractivity contribution in [2.75, 3.05) is 20.2 Å². The molecule has 2 nitrogen and oxygen atoms in total. The fourth-order valence-electron chi connectivity index (χ4n) is 5.30. The molecule has 1 aliphatic heterocycles. The van der Waals surface area contributed by atoms with E-state index in [0.29, 0.717) is 5.56 Å². The van der Waals surface area contributed by atoms with E-state index >= 15 is 0 Å². The van der Waals surface area contributed by atoms with Crippen molar-refractivity contribution < 1.29 is 13.5 Å². The highest BCUT2D eigenvalue weighted by Gasteiger charge is 2.43. The number of fused-ring (bicyclic) bond motifs is 2. The average Bonchev–Trinajstić information content (AvgIpc) is 3.17. The zero-order valence-corrected chi connectivity index (χ0v) is 13.7. The predicted molar refractivity (Wildman–Crippen MR) is 85.7 cm³/mol. The van der Waals surface area contributed by atoms with Gasteiger partial charge in [0.1, 0.15) is 5.82 Å². The van der Waals surface area contributed by atoms with E-state index in [-0.39, 0.29) is 11.7 Å². The third-order valence-corrected chi connectivity index (χ3v) is 6.38. The number of ether oxygens (including phenoxy) is 1. The van der Waals surface area contributed by atoms with Gasteiger partial charge in [-0.3, -0.25) is 0 Å². The lowest BCUT2D eigenvalue weighted by molar-refractivity contribution is 0.110. The number of nitrogens with zero attached hydrogens (tertiary/aromatic N) is 1. The molecular weight excluding hydrogens is 296 g/mol. The zero-order chi connectivity index (χ0) is 16.0. The van der Waals surface area contributed by atoms with Crippen LogP contribution < -0.4 is 4.74 Å². The van der Waals surface area contributed by atoms with E-state index in [4.69, 9.17) is 4.74 Å². The highest BCUT2D eigenvalue weighted by molar-refractivity contribution is 5.38. The quantitative estimate of drug-likeness (QED) is 0.821. The molecule has 0 aromatic heterocycles. The van der Waals surface area contributed by atoms with Gasteiger partial charge in [-0.2, -0.15) is 0 Å². The van der Waals surface area contributed by atoms with E-state index in [9.17, 15) is 8.78 Å². The summed E-state index contributed by atoms with van der Waals surface area (Å²) in [4.78, 5) is 2.64. The second kappa shape index (κ2) is 6.04. The Morgan fingerprint density at radius 3 is 2.43 bits per heavy atom. The summed E-state index contributed by atoms with van der Waals surface area (Å²) in [6, 6.07) is 3.13. The zero-order valence-electron chi connectivity index (χ0n) is 13.7. The minimum Gasteiger partial charge on any atom is -0.493 e. The molecule has 2 bridgehead atoms. The van der Waals surface area contributed by atoms with Crippen molar-refractivity contribution in [3.63, 3.8) is 0 Å². The summed E-state index contributed by atoms with van der Waals surface area (Å²) >= 11 is 0. The number of methoxy groups -OCH3 is 1. The Morgan fingerprint density at radius 1 is 1.04 bits per heavy atom. The normalized spacial score (nSPS) is 31.7. The fourth-order valence-corrected chi connectivity index (χ4v) is 5.30. The molecule has 0 amide bonds. The number of halogens is 2. The first kappa shape index (κ1) is 15.4. The average molecular weight is 321 g/mol. The highest BCUT2D eigenvalue weighted by atomic mass is 19.1. The molecule has 0 unspecified atom stereocenters. The van der Waals surface area contributed by atoms with Gasteiger partial charge in [-0.15, -0.1) is 0 Å². The van der Waals surface area contributed by atoms with Gasteiger partial charge in [-0.25, -0.2) is 8.78 Å². The van der Waals surface area contributed by atoms with Gasteiger partial charge in [0.25, 0.3) is 0 Å². The molecule has 126 valence electrons. The van der Waals surface area contributed by atoms with Crippen LogP contribution in [0.3, 0.4) is 0 Å². The third kappa shape index (κ3) is 2.75. The van der Waals surface area contributed by atoms with Gasteiger partial charge < -0.3 is 9.64 Å². The second-order valence-corrected chi connectivity index (χ2v) is 7.56. The fraction of sp³-hybridized carbons (Fsp3) is 0.684. The van der Waals surface area contributed by atoms with Crippen LogP contribution in [0.15, 0.2) is 12.1 Å². The number of benzene rings is 1. The Balaban J connectivity index is 1.46. The van der Waals surface area contributed by atoms with Gasteiger partial charge in [0, 0.05) is 17.7 Å². The summed E-state index contributed by atoms with van der Waals surface area (Å²) < 4.78 is 32.7. The van der Waals surface area contributed by atoms with Crippen LogP contribution in [-0.2, 0) is 0 Å². The lowest BCUT2D eigenvalue weighted by Crippen LogP contribution is -2.43. The Kier molecular flexibility index (Phi) is 4.04. The van der Waals surface area contributed by atoms with Crippen molar-refractivity contribution in [1.29, 1.82) is 0 Å². The minimum atomic E-state index is -0.585. The maximum Gasteiger partial charge on any atom is 0.168 e. The van der Waals surface area contributed by atoms with Crippen molar-refractivity contribution in [2.45, 2.75) is 50.5 Å². The topological polar surface area (TPSA) is 12.5 Å². The highest BCUT2D eigenvalue weighted by Crippen LogP contribution is 2.48. The number of hydrogen-bond acceptors (Lipinski definition) is 2. The molecule has 0 N–H and O–H groups in total. The summed E-state index contributed by atoms with van der Waals surface area (Å²) in [6.45, 7) is 2.08. The maximum atomic E-state index is 13.9. The Bertz CT molecular complexity index is 583. The molecule has 1 aromatic carbocycles. The molecule has 3 aliphatic rings. The van der Waals surface area contributed by atoms with Gasteiger partial charge in [0.05, 0.1) is 7.11 Å². The van der Waals surface area contributed by atoms with Gasteiger partial charge >= 0.3 is 0 Å². The predicted octanol–water partition coefficient (Wildman–Crippen LogP) is 4.34. The summed E-state index contributed by atoms with van der Waals surface area (Å²) in [5.74, 6) is 1.19. The first-order valence-corrected chi connectivity index (χ1v) is 8.92. The smallest absolute Gasteiger partial charge is 0.168 e. The van der Waals surface area contributed by atoms with E-state index in [2.05, 4.69) is 4.90 Å². The van der Waals surface area contributed by atoms with Crippen LogP contribution in [0.2, 0.25) is 0 Å². The summed E-state index contributed by atoms with van der Waals surface area (Å²) in [5, 5.41) is 0. The van der Waals surface area contributed by atoms with Crippen molar-refractivity contribution in [3.05, 3.63) is 29.3 Å². The molecule has 3 atom stereocenters.